The predicted molar refractivity (Wildman–Crippen MR) is 61.7 cm³/mol. The lowest BCUT2D eigenvalue weighted by Gasteiger charge is -2.27. The summed E-state index contributed by atoms with van der Waals surface area (Å²) in [6.45, 7) is 2.16. The van der Waals surface area contributed by atoms with E-state index in [0.29, 0.717) is 12.5 Å². The number of hydrogen-bond donors (Lipinski definition) is 2. The van der Waals surface area contributed by atoms with Crippen molar-refractivity contribution in [1.29, 1.82) is 0 Å². The number of nitrogens with zero attached hydrogens (tertiary/aromatic N) is 1. The second-order valence-electron chi connectivity index (χ2n) is 4.19. The molecule has 1 aromatic rings. The monoisotopic (exact) mass is 253 g/mol. The molecule has 2 N–H and O–H groups in total. The van der Waals surface area contributed by atoms with Gasteiger partial charge in [0.1, 0.15) is 5.82 Å². The number of nitrogens with one attached hydrogen (secondary N) is 2. The second-order valence-corrected chi connectivity index (χ2v) is 4.19. The van der Waals surface area contributed by atoms with Crippen molar-refractivity contribution in [3.05, 3.63) is 39.7 Å². The van der Waals surface area contributed by atoms with Crippen LogP contribution >= 0.6 is 0 Å². The molecule has 0 atom stereocenters. The fourth-order valence-electron chi connectivity index (χ4n) is 1.64. The molecule has 0 radical (unpaired) electrons. The van der Waals surface area contributed by atoms with Crippen molar-refractivity contribution < 1.29 is 14.1 Å². The maximum Gasteiger partial charge on any atom is 0.273 e. The van der Waals surface area contributed by atoms with Crippen LogP contribution in [0.2, 0.25) is 0 Å². The van der Waals surface area contributed by atoms with E-state index >= 15 is 0 Å². The smallest absolute Gasteiger partial charge is 0.273 e. The molecule has 96 valence electrons. The number of benzene rings is 1. The molecule has 0 aliphatic carbocycles. The van der Waals surface area contributed by atoms with Crippen molar-refractivity contribution in [1.82, 2.24) is 10.6 Å². The Bertz CT molecular complexity index is 488. The zero-order chi connectivity index (χ0) is 13.1. The molecule has 6 nitrogen and oxygen atoms in total. The van der Waals surface area contributed by atoms with Gasteiger partial charge in [0.25, 0.3) is 11.6 Å². The summed E-state index contributed by atoms with van der Waals surface area (Å²) < 4.78 is 13.1. The van der Waals surface area contributed by atoms with Crippen molar-refractivity contribution in [2.45, 2.75) is 0 Å². The number of non-ortho nitro benzene ring substituents is 1. The summed E-state index contributed by atoms with van der Waals surface area (Å²) >= 11 is 0. The first-order valence-electron chi connectivity index (χ1n) is 5.50. The SMILES string of the molecule is O=C(NCC1CNC1)c1cc(F)cc([N+](=O)[O-])c1. The van der Waals surface area contributed by atoms with E-state index in [1.165, 1.54) is 0 Å². The van der Waals surface area contributed by atoms with Gasteiger partial charge in [-0.05, 0) is 6.07 Å². The minimum atomic E-state index is -0.792. The van der Waals surface area contributed by atoms with Crippen LogP contribution in [0.5, 0.6) is 0 Å². The number of carbonyl (C=O) groups excluding carboxylic acids is 1. The van der Waals surface area contributed by atoms with Gasteiger partial charge in [0, 0.05) is 37.2 Å². The highest BCUT2D eigenvalue weighted by atomic mass is 19.1. The largest absolute Gasteiger partial charge is 0.352 e. The van der Waals surface area contributed by atoms with Crippen LogP contribution in [0.1, 0.15) is 10.4 Å². The third kappa shape index (κ3) is 2.80. The third-order valence-corrected chi connectivity index (χ3v) is 2.77. The van der Waals surface area contributed by atoms with Gasteiger partial charge >= 0.3 is 0 Å². The lowest BCUT2D eigenvalue weighted by Crippen LogP contribution is -2.48. The van der Waals surface area contributed by atoms with E-state index in [4.69, 9.17) is 0 Å². The number of nitro groups is 1. The van der Waals surface area contributed by atoms with E-state index in [2.05, 4.69) is 10.6 Å². The van der Waals surface area contributed by atoms with Gasteiger partial charge in [-0.2, -0.15) is 0 Å². The molecule has 1 fully saturated rings. The molecule has 18 heavy (non-hydrogen) atoms. The van der Waals surface area contributed by atoms with Gasteiger partial charge in [0.05, 0.1) is 11.0 Å². The standard InChI is InChI=1S/C11H12FN3O3/c12-9-1-8(2-10(3-9)15(17)18)11(16)14-6-7-4-13-5-7/h1-3,7,13H,4-6H2,(H,14,16). The average molecular weight is 253 g/mol. The highest BCUT2D eigenvalue weighted by molar-refractivity contribution is 5.94. The molecule has 0 spiro atoms. The van der Waals surface area contributed by atoms with Crippen LogP contribution in [0.3, 0.4) is 0 Å². The number of rotatable bonds is 4. The average Bonchev–Trinajstić information content (AvgIpc) is 2.25. The van der Waals surface area contributed by atoms with Crippen LogP contribution in [0.15, 0.2) is 18.2 Å². The molecule has 7 heteroatoms. The van der Waals surface area contributed by atoms with Gasteiger partial charge in [-0.15, -0.1) is 0 Å². The maximum absolute atomic E-state index is 13.1. The molecule has 1 aliphatic rings. The van der Waals surface area contributed by atoms with Crippen LogP contribution in [-0.4, -0.2) is 30.5 Å². The lowest BCUT2D eigenvalue weighted by molar-refractivity contribution is -0.385. The third-order valence-electron chi connectivity index (χ3n) is 2.77. The normalized spacial score (nSPS) is 14.9. The molecular formula is C11H12FN3O3. The van der Waals surface area contributed by atoms with Crippen LogP contribution in [0, 0.1) is 21.8 Å². The molecule has 0 unspecified atom stereocenters. The second kappa shape index (κ2) is 5.09. The van der Waals surface area contributed by atoms with Crippen molar-refractivity contribution in [2.75, 3.05) is 19.6 Å². The van der Waals surface area contributed by atoms with E-state index in [-0.39, 0.29) is 5.56 Å². The molecule has 2 rings (SSSR count). The minimum Gasteiger partial charge on any atom is -0.352 e. The molecule has 0 bridgehead atoms. The summed E-state index contributed by atoms with van der Waals surface area (Å²) in [5, 5.41) is 16.2. The Morgan fingerprint density at radius 1 is 1.50 bits per heavy atom. The number of carbonyl (C=O) groups is 1. The summed E-state index contributed by atoms with van der Waals surface area (Å²) in [6.07, 6.45) is 0. The predicted octanol–water partition coefficient (Wildman–Crippen LogP) is 0.683. The summed E-state index contributed by atoms with van der Waals surface area (Å²) in [6, 6.07) is 2.84. The Kier molecular flexibility index (Phi) is 3.52. The van der Waals surface area contributed by atoms with Crippen LogP contribution < -0.4 is 10.6 Å². The first-order valence-corrected chi connectivity index (χ1v) is 5.50. The number of nitro benzene ring substituents is 1. The zero-order valence-electron chi connectivity index (χ0n) is 9.48. The zero-order valence-corrected chi connectivity index (χ0v) is 9.48. The first kappa shape index (κ1) is 12.4. The van der Waals surface area contributed by atoms with E-state index in [1.54, 1.807) is 0 Å². The molecule has 1 saturated heterocycles. The number of amides is 1. The van der Waals surface area contributed by atoms with Crippen LogP contribution in [-0.2, 0) is 0 Å². The van der Waals surface area contributed by atoms with E-state index < -0.39 is 22.3 Å². The molecular weight excluding hydrogens is 241 g/mol. The van der Waals surface area contributed by atoms with Crippen molar-refractivity contribution in [3.63, 3.8) is 0 Å². The topological polar surface area (TPSA) is 84.3 Å². The van der Waals surface area contributed by atoms with Crippen molar-refractivity contribution in [2.24, 2.45) is 5.92 Å². The molecule has 1 aliphatic heterocycles. The summed E-state index contributed by atoms with van der Waals surface area (Å²) in [5.74, 6) is -0.915. The van der Waals surface area contributed by atoms with Gasteiger partial charge in [-0.25, -0.2) is 4.39 Å². The number of hydrogen-bond acceptors (Lipinski definition) is 4. The minimum absolute atomic E-state index is 0.0333. The summed E-state index contributed by atoms with van der Waals surface area (Å²) in [5.41, 5.74) is -0.459. The van der Waals surface area contributed by atoms with Crippen LogP contribution in [0.4, 0.5) is 10.1 Å². The Balaban J connectivity index is 2.06. The molecule has 1 aromatic carbocycles. The summed E-state index contributed by atoms with van der Waals surface area (Å²) in [7, 11) is 0. The number of halogens is 1. The van der Waals surface area contributed by atoms with Crippen molar-refractivity contribution in [3.8, 4) is 0 Å². The van der Waals surface area contributed by atoms with Gasteiger partial charge in [0.2, 0.25) is 0 Å². The highest BCUT2D eigenvalue weighted by Gasteiger charge is 2.19. The Hall–Kier alpha value is -2.02. The van der Waals surface area contributed by atoms with Crippen LogP contribution in [0.25, 0.3) is 0 Å². The Morgan fingerprint density at radius 2 is 2.22 bits per heavy atom. The Morgan fingerprint density at radius 3 is 2.78 bits per heavy atom. The van der Waals surface area contributed by atoms with Gasteiger partial charge in [-0.3, -0.25) is 14.9 Å². The fourth-order valence-corrected chi connectivity index (χ4v) is 1.64. The Labute approximate surface area is 102 Å². The molecule has 1 amide bonds. The molecule has 0 aromatic heterocycles. The highest BCUT2D eigenvalue weighted by Crippen LogP contribution is 2.16. The summed E-state index contributed by atoms with van der Waals surface area (Å²) in [4.78, 5) is 21.5. The first-order chi connectivity index (χ1) is 8.56. The van der Waals surface area contributed by atoms with Gasteiger partial charge in [-0.1, -0.05) is 0 Å². The quantitative estimate of drug-likeness (QED) is 0.610. The molecule has 0 saturated carbocycles. The fraction of sp³-hybridized carbons (Fsp3) is 0.364. The van der Waals surface area contributed by atoms with Gasteiger partial charge < -0.3 is 10.6 Å². The van der Waals surface area contributed by atoms with E-state index in [0.717, 1.165) is 31.3 Å². The van der Waals surface area contributed by atoms with Crippen molar-refractivity contribution >= 4 is 11.6 Å². The van der Waals surface area contributed by atoms with Gasteiger partial charge in [0.15, 0.2) is 0 Å². The lowest BCUT2D eigenvalue weighted by atomic mass is 10.0. The maximum atomic E-state index is 13.1. The molecule has 1 heterocycles. The van der Waals surface area contributed by atoms with E-state index in [9.17, 15) is 19.3 Å². The van der Waals surface area contributed by atoms with E-state index in [1.807, 2.05) is 0 Å².